The predicted molar refractivity (Wildman–Crippen MR) is 91.4 cm³/mol. The van der Waals surface area contributed by atoms with Gasteiger partial charge in [0.1, 0.15) is 0 Å². The van der Waals surface area contributed by atoms with Crippen LogP contribution in [0.4, 0.5) is 5.69 Å². The van der Waals surface area contributed by atoms with Crippen LogP contribution in [0.3, 0.4) is 0 Å². The second kappa shape index (κ2) is 6.94. The number of hydrogen-bond acceptors (Lipinski definition) is 1. The summed E-state index contributed by atoms with van der Waals surface area (Å²) < 4.78 is 1.15. The van der Waals surface area contributed by atoms with Gasteiger partial charge in [0.05, 0.1) is 6.04 Å². The van der Waals surface area contributed by atoms with E-state index in [1.165, 1.54) is 22.4 Å². The first-order valence-corrected chi connectivity index (χ1v) is 8.05. The van der Waals surface area contributed by atoms with E-state index >= 15 is 0 Å². The fraction of sp³-hybridized carbons (Fsp3) is 0.333. The molecular weight excluding hydrogens is 310 g/mol. The molecule has 1 nitrogen and oxygen atoms in total. The van der Waals surface area contributed by atoms with E-state index in [2.05, 4.69) is 84.5 Å². The Morgan fingerprint density at radius 1 is 1.05 bits per heavy atom. The zero-order chi connectivity index (χ0) is 14.5. The lowest BCUT2D eigenvalue weighted by molar-refractivity contribution is 0.747. The summed E-state index contributed by atoms with van der Waals surface area (Å²) in [4.78, 5) is 0. The SMILES string of the molecule is CCc1ccc(C(CC)Nc2cccc(Br)c2C)cc1. The van der Waals surface area contributed by atoms with Crippen LogP contribution in [-0.2, 0) is 6.42 Å². The average Bonchev–Trinajstić information content (AvgIpc) is 2.49. The van der Waals surface area contributed by atoms with Gasteiger partial charge in [0.25, 0.3) is 0 Å². The molecule has 0 aliphatic carbocycles. The van der Waals surface area contributed by atoms with E-state index in [4.69, 9.17) is 0 Å². The van der Waals surface area contributed by atoms with Crippen molar-refractivity contribution in [3.63, 3.8) is 0 Å². The first-order chi connectivity index (χ1) is 9.65. The Balaban J connectivity index is 2.21. The molecule has 0 bridgehead atoms. The summed E-state index contributed by atoms with van der Waals surface area (Å²) in [7, 11) is 0. The molecule has 20 heavy (non-hydrogen) atoms. The lowest BCUT2D eigenvalue weighted by Crippen LogP contribution is -2.10. The van der Waals surface area contributed by atoms with Crippen LogP contribution in [0.1, 0.15) is 43.0 Å². The Hall–Kier alpha value is -1.28. The van der Waals surface area contributed by atoms with E-state index in [0.29, 0.717) is 6.04 Å². The number of benzene rings is 2. The number of rotatable bonds is 5. The lowest BCUT2D eigenvalue weighted by Gasteiger charge is -2.21. The number of hydrogen-bond donors (Lipinski definition) is 1. The Kier molecular flexibility index (Phi) is 5.24. The van der Waals surface area contributed by atoms with Crippen molar-refractivity contribution in [2.75, 3.05) is 5.32 Å². The van der Waals surface area contributed by atoms with Crippen LogP contribution in [0.15, 0.2) is 46.9 Å². The maximum absolute atomic E-state index is 3.66. The van der Waals surface area contributed by atoms with E-state index in [1.54, 1.807) is 0 Å². The zero-order valence-electron chi connectivity index (χ0n) is 12.4. The topological polar surface area (TPSA) is 12.0 Å². The quantitative estimate of drug-likeness (QED) is 0.720. The Morgan fingerprint density at radius 2 is 1.75 bits per heavy atom. The molecule has 0 spiro atoms. The van der Waals surface area contributed by atoms with Gasteiger partial charge in [-0.2, -0.15) is 0 Å². The van der Waals surface area contributed by atoms with Crippen LogP contribution >= 0.6 is 15.9 Å². The van der Waals surface area contributed by atoms with Crippen molar-refractivity contribution in [2.45, 2.75) is 39.7 Å². The second-order valence-electron chi connectivity index (χ2n) is 5.11. The highest BCUT2D eigenvalue weighted by Gasteiger charge is 2.11. The third-order valence-electron chi connectivity index (χ3n) is 3.80. The minimum atomic E-state index is 0.355. The number of halogens is 1. The van der Waals surface area contributed by atoms with Gasteiger partial charge in [-0.05, 0) is 48.6 Å². The van der Waals surface area contributed by atoms with Crippen molar-refractivity contribution in [3.8, 4) is 0 Å². The minimum Gasteiger partial charge on any atom is -0.378 e. The molecule has 0 aliphatic heterocycles. The molecular formula is C18H22BrN. The van der Waals surface area contributed by atoms with Crippen molar-refractivity contribution in [3.05, 3.63) is 63.6 Å². The van der Waals surface area contributed by atoms with Crippen molar-refractivity contribution < 1.29 is 0 Å². The van der Waals surface area contributed by atoms with Gasteiger partial charge >= 0.3 is 0 Å². The molecule has 0 heterocycles. The number of aryl methyl sites for hydroxylation is 1. The monoisotopic (exact) mass is 331 g/mol. The average molecular weight is 332 g/mol. The normalized spacial score (nSPS) is 12.2. The van der Waals surface area contributed by atoms with E-state index in [-0.39, 0.29) is 0 Å². The Labute approximate surface area is 130 Å². The molecule has 1 N–H and O–H groups in total. The summed E-state index contributed by atoms with van der Waals surface area (Å²) in [5, 5.41) is 3.66. The molecule has 0 amide bonds. The number of anilines is 1. The van der Waals surface area contributed by atoms with Crippen molar-refractivity contribution >= 4 is 21.6 Å². The van der Waals surface area contributed by atoms with Crippen LogP contribution in [0.2, 0.25) is 0 Å². The maximum atomic E-state index is 3.66. The van der Waals surface area contributed by atoms with Gasteiger partial charge in [-0.25, -0.2) is 0 Å². The van der Waals surface area contributed by atoms with E-state index in [0.717, 1.165) is 17.3 Å². The van der Waals surface area contributed by atoms with Gasteiger partial charge in [-0.3, -0.25) is 0 Å². The summed E-state index contributed by atoms with van der Waals surface area (Å²) in [6.07, 6.45) is 2.16. The van der Waals surface area contributed by atoms with Crippen LogP contribution in [-0.4, -0.2) is 0 Å². The van der Waals surface area contributed by atoms with Crippen LogP contribution in [0, 0.1) is 6.92 Å². The third-order valence-corrected chi connectivity index (χ3v) is 4.66. The molecule has 2 heteroatoms. The zero-order valence-corrected chi connectivity index (χ0v) is 14.0. The van der Waals surface area contributed by atoms with Crippen LogP contribution < -0.4 is 5.32 Å². The summed E-state index contributed by atoms with van der Waals surface area (Å²) in [5.41, 5.74) is 5.20. The highest BCUT2D eigenvalue weighted by atomic mass is 79.9. The van der Waals surface area contributed by atoms with Crippen molar-refractivity contribution in [2.24, 2.45) is 0 Å². The van der Waals surface area contributed by atoms with Gasteiger partial charge in [-0.15, -0.1) is 0 Å². The van der Waals surface area contributed by atoms with Crippen LogP contribution in [0.25, 0.3) is 0 Å². The molecule has 0 radical (unpaired) electrons. The predicted octanol–water partition coefficient (Wildman–Crippen LogP) is 5.88. The molecule has 1 unspecified atom stereocenters. The van der Waals surface area contributed by atoms with Gasteiger partial charge in [-0.1, -0.05) is 60.1 Å². The largest absolute Gasteiger partial charge is 0.378 e. The molecule has 0 aliphatic rings. The summed E-state index contributed by atoms with van der Waals surface area (Å²) in [5.74, 6) is 0. The second-order valence-corrected chi connectivity index (χ2v) is 5.97. The van der Waals surface area contributed by atoms with Crippen molar-refractivity contribution in [1.82, 2.24) is 0 Å². The highest BCUT2D eigenvalue weighted by molar-refractivity contribution is 9.10. The standard InChI is InChI=1S/C18H22BrN/c1-4-14-9-11-15(12-10-14)17(5-2)20-18-8-6-7-16(19)13(18)3/h6-12,17,20H,4-5H2,1-3H3. The van der Waals surface area contributed by atoms with Crippen molar-refractivity contribution in [1.29, 1.82) is 0 Å². The summed E-state index contributed by atoms with van der Waals surface area (Å²) in [6.45, 7) is 6.55. The molecule has 2 rings (SSSR count). The molecule has 1 atom stereocenters. The Bertz CT molecular complexity index is 560. The summed E-state index contributed by atoms with van der Waals surface area (Å²) in [6, 6.07) is 15.6. The van der Waals surface area contributed by atoms with Gasteiger partial charge in [0.2, 0.25) is 0 Å². The first-order valence-electron chi connectivity index (χ1n) is 7.26. The molecule has 2 aromatic rings. The smallest absolute Gasteiger partial charge is 0.0511 e. The van der Waals surface area contributed by atoms with Gasteiger partial charge < -0.3 is 5.32 Å². The fourth-order valence-corrected chi connectivity index (χ4v) is 2.72. The molecule has 0 aromatic heterocycles. The first kappa shape index (κ1) is 15.1. The lowest BCUT2D eigenvalue weighted by atomic mass is 10.0. The number of nitrogens with one attached hydrogen (secondary N) is 1. The minimum absolute atomic E-state index is 0.355. The fourth-order valence-electron chi connectivity index (χ4n) is 2.36. The van der Waals surface area contributed by atoms with Gasteiger partial charge in [0, 0.05) is 10.2 Å². The van der Waals surface area contributed by atoms with E-state index in [1.807, 2.05) is 0 Å². The molecule has 0 saturated heterocycles. The van der Waals surface area contributed by atoms with E-state index in [9.17, 15) is 0 Å². The maximum Gasteiger partial charge on any atom is 0.0511 e. The molecule has 106 valence electrons. The Morgan fingerprint density at radius 3 is 2.35 bits per heavy atom. The van der Waals surface area contributed by atoms with Crippen LogP contribution in [0.5, 0.6) is 0 Å². The summed E-state index contributed by atoms with van der Waals surface area (Å²) >= 11 is 3.59. The molecule has 2 aromatic carbocycles. The third kappa shape index (κ3) is 3.43. The van der Waals surface area contributed by atoms with E-state index < -0.39 is 0 Å². The molecule has 0 fully saturated rings. The molecule has 0 saturated carbocycles. The highest BCUT2D eigenvalue weighted by Crippen LogP contribution is 2.28. The van der Waals surface area contributed by atoms with Gasteiger partial charge in [0.15, 0.2) is 0 Å².